The molecule has 4 aliphatic rings. The smallest absolute Gasteiger partial charge is 0.407 e. The molecular formula is C38H53N5O9S2. The molecule has 2 saturated heterocycles. The minimum Gasteiger partial charge on any atom is -0.479 e. The van der Waals surface area contributed by atoms with Gasteiger partial charge >= 0.3 is 12.1 Å². The van der Waals surface area contributed by atoms with Crippen molar-refractivity contribution in [2.45, 2.75) is 106 Å². The number of hydrogen-bond acceptors (Lipinski definition) is 10. The van der Waals surface area contributed by atoms with Gasteiger partial charge in [0, 0.05) is 13.0 Å². The van der Waals surface area contributed by atoms with Gasteiger partial charge in [0.1, 0.15) is 12.1 Å². The maximum Gasteiger partial charge on any atom is 0.407 e. The maximum absolute atomic E-state index is 14.6. The molecule has 2 heterocycles. The zero-order chi connectivity index (χ0) is 38.8. The third-order valence-corrected chi connectivity index (χ3v) is 13.7. The summed E-state index contributed by atoms with van der Waals surface area (Å²) in [6, 6.07) is 3.71. The predicted molar refractivity (Wildman–Crippen MR) is 204 cm³/mol. The number of ketones is 1. The molecule has 0 aromatic heterocycles. The van der Waals surface area contributed by atoms with E-state index in [-0.39, 0.29) is 36.7 Å². The predicted octanol–water partition coefficient (Wildman–Crippen LogP) is 3.40. The summed E-state index contributed by atoms with van der Waals surface area (Å²) in [5.74, 6) is -3.12. The lowest BCUT2D eigenvalue weighted by molar-refractivity contribution is -0.144. The van der Waals surface area contributed by atoms with Crippen molar-refractivity contribution >= 4 is 65.0 Å². The number of benzene rings is 1. The Morgan fingerprint density at radius 3 is 2.22 bits per heavy atom. The quantitative estimate of drug-likeness (QED) is 0.154. The Balaban J connectivity index is 1.29. The number of aliphatic carboxylic acids is 1. The van der Waals surface area contributed by atoms with Crippen LogP contribution < -0.4 is 21.3 Å². The normalized spacial score (nSPS) is 21.4. The van der Waals surface area contributed by atoms with Gasteiger partial charge in [0.2, 0.25) is 23.5 Å². The van der Waals surface area contributed by atoms with Crippen molar-refractivity contribution in [1.82, 2.24) is 26.2 Å². The summed E-state index contributed by atoms with van der Waals surface area (Å²) in [5, 5.41) is 20.0. The number of Topliss-reactive ketones (excluding diaryl/α,β-unsaturated/α-hetero) is 1. The van der Waals surface area contributed by atoms with Gasteiger partial charge in [-0.05, 0) is 60.5 Å². The minimum atomic E-state index is -1.35. The fraction of sp³-hybridized carbons (Fsp3) is 0.658. The number of alkyl carbamates (subject to hydrolysis) is 1. The molecule has 1 aromatic carbocycles. The van der Waals surface area contributed by atoms with E-state index >= 15 is 0 Å². The lowest BCUT2D eigenvalue weighted by atomic mass is 9.83. The number of hydrogen-bond donors (Lipinski definition) is 5. The lowest BCUT2D eigenvalue weighted by Crippen LogP contribution is -2.58. The summed E-state index contributed by atoms with van der Waals surface area (Å²) in [6.07, 6.45) is 7.01. The number of carbonyl (C=O) groups excluding carboxylic acids is 6. The fourth-order valence-corrected chi connectivity index (χ4v) is 10.7. The van der Waals surface area contributed by atoms with Crippen LogP contribution in [0.2, 0.25) is 0 Å². The van der Waals surface area contributed by atoms with Crippen LogP contribution in [0.5, 0.6) is 0 Å². The molecule has 14 nitrogen and oxygen atoms in total. The molecule has 2 saturated carbocycles. The third kappa shape index (κ3) is 11.4. The highest BCUT2D eigenvalue weighted by Gasteiger charge is 2.52. The van der Waals surface area contributed by atoms with Crippen LogP contribution in [0.4, 0.5) is 4.79 Å². The molecular weight excluding hydrogens is 735 g/mol. The van der Waals surface area contributed by atoms with Crippen molar-refractivity contribution < 1.29 is 43.4 Å². The van der Waals surface area contributed by atoms with Crippen molar-refractivity contribution in [1.29, 1.82) is 0 Å². The van der Waals surface area contributed by atoms with E-state index in [1.54, 1.807) is 58.8 Å². The number of carboxylic acids is 1. The van der Waals surface area contributed by atoms with Crippen molar-refractivity contribution in [3.05, 3.63) is 35.9 Å². The summed E-state index contributed by atoms with van der Waals surface area (Å²) in [7, 11) is 0. The van der Waals surface area contributed by atoms with Crippen LogP contribution in [0.15, 0.2) is 30.3 Å². The van der Waals surface area contributed by atoms with Crippen molar-refractivity contribution in [2.75, 3.05) is 31.2 Å². The molecule has 1 unspecified atom stereocenters. The van der Waals surface area contributed by atoms with E-state index in [9.17, 15) is 38.7 Å². The first-order valence-electron chi connectivity index (χ1n) is 19.1. The number of thioether (sulfide) groups is 2. The minimum absolute atomic E-state index is 0.112. The Bertz CT molecular complexity index is 1530. The first-order valence-corrected chi connectivity index (χ1v) is 21.0. The number of ether oxygens (including phenoxy) is 1. The monoisotopic (exact) mass is 787 g/mol. The molecule has 1 spiro atoms. The largest absolute Gasteiger partial charge is 0.479 e. The SMILES string of the molecule is CC(C)COC(=O)N[C@H](C(=O)N1CC2(C[C@H]1C(=O)NC(CC1CC1)C(=O)C(=O)NCC(=O)N[C@H](C(=O)O)c1ccccc1)SCCCS2)C1CCCCC1. The highest BCUT2D eigenvalue weighted by molar-refractivity contribution is 8.18. The summed E-state index contributed by atoms with van der Waals surface area (Å²) in [5.41, 5.74) is 0.339. The van der Waals surface area contributed by atoms with Gasteiger partial charge in [0.25, 0.3) is 5.91 Å². The molecule has 296 valence electrons. The standard InChI is InChI=1S/C38H53N5O9S2/c1-23(2)21-52-37(51)42-30(25-10-5-3-6-11-25)35(48)43-22-38(53-16-9-17-54-38)19-28(43)33(46)40-27(18-24-14-15-24)32(45)34(47)39-20-29(44)41-31(36(49)50)26-12-7-4-8-13-26/h4,7-8,12-13,23-25,27-28,30-31H,3,5-6,9-11,14-22H2,1-2H3,(H,39,47)(H,40,46)(H,41,44)(H,42,51)(H,49,50)/t27?,28-,30-,31-/m0/s1. The van der Waals surface area contributed by atoms with Crippen LogP contribution in [-0.4, -0.2) is 105 Å². The number of carbonyl (C=O) groups is 7. The Kier molecular flexibility index (Phi) is 14.7. The summed E-state index contributed by atoms with van der Waals surface area (Å²) < 4.78 is 4.98. The van der Waals surface area contributed by atoms with Gasteiger partial charge in [0.15, 0.2) is 6.04 Å². The average molecular weight is 788 g/mol. The average Bonchev–Trinajstić information content (AvgIpc) is 3.92. The van der Waals surface area contributed by atoms with E-state index in [0.717, 1.165) is 62.9 Å². The number of rotatable bonds is 16. The van der Waals surface area contributed by atoms with Gasteiger partial charge in [-0.15, -0.1) is 23.5 Å². The Morgan fingerprint density at radius 2 is 1.59 bits per heavy atom. The van der Waals surface area contributed by atoms with E-state index in [1.165, 1.54) is 0 Å². The second-order valence-electron chi connectivity index (χ2n) is 15.2. The number of likely N-dealkylation sites (tertiary alicyclic amines) is 1. The second kappa shape index (κ2) is 19.2. The Hall–Kier alpha value is -3.79. The molecule has 5 N–H and O–H groups in total. The zero-order valence-corrected chi connectivity index (χ0v) is 32.6. The van der Waals surface area contributed by atoms with Crippen LogP contribution in [0.25, 0.3) is 0 Å². The first-order chi connectivity index (χ1) is 25.9. The van der Waals surface area contributed by atoms with Gasteiger partial charge in [-0.2, -0.15) is 0 Å². The van der Waals surface area contributed by atoms with Crippen LogP contribution in [0, 0.1) is 17.8 Å². The van der Waals surface area contributed by atoms with E-state index in [1.807, 2.05) is 13.8 Å². The molecule has 5 rings (SSSR count). The fourth-order valence-electron chi connectivity index (χ4n) is 7.31. The van der Waals surface area contributed by atoms with Crippen LogP contribution in [-0.2, 0) is 33.5 Å². The van der Waals surface area contributed by atoms with Gasteiger partial charge in [0.05, 0.1) is 23.3 Å². The molecule has 5 amide bonds. The molecule has 54 heavy (non-hydrogen) atoms. The number of amides is 5. The topological polar surface area (TPSA) is 200 Å². The number of carboxylic acid groups (broad SMARTS) is 1. The number of nitrogens with zero attached hydrogens (tertiary/aromatic N) is 1. The molecule has 2 aliphatic carbocycles. The van der Waals surface area contributed by atoms with E-state index in [0.29, 0.717) is 18.5 Å². The summed E-state index contributed by atoms with van der Waals surface area (Å²) in [4.78, 5) is 94.6. The lowest BCUT2D eigenvalue weighted by Gasteiger charge is -2.35. The Morgan fingerprint density at radius 1 is 0.907 bits per heavy atom. The highest BCUT2D eigenvalue weighted by Crippen LogP contribution is 2.50. The molecule has 1 aromatic rings. The summed E-state index contributed by atoms with van der Waals surface area (Å²) >= 11 is 3.45. The van der Waals surface area contributed by atoms with Crippen LogP contribution >= 0.6 is 23.5 Å². The van der Waals surface area contributed by atoms with Crippen molar-refractivity contribution in [2.24, 2.45) is 17.8 Å². The zero-order valence-electron chi connectivity index (χ0n) is 31.0. The van der Waals surface area contributed by atoms with Crippen LogP contribution in [0.1, 0.15) is 89.7 Å². The van der Waals surface area contributed by atoms with Crippen LogP contribution in [0.3, 0.4) is 0 Å². The molecule has 16 heteroatoms. The van der Waals surface area contributed by atoms with E-state index < -0.39 is 70.4 Å². The Labute approximate surface area is 324 Å². The molecule has 0 radical (unpaired) electrons. The first kappa shape index (κ1) is 41.4. The van der Waals surface area contributed by atoms with E-state index in [4.69, 9.17) is 4.74 Å². The maximum atomic E-state index is 14.6. The number of nitrogens with one attached hydrogen (secondary N) is 4. The van der Waals surface area contributed by atoms with Gasteiger partial charge < -0.3 is 36.0 Å². The molecule has 4 fully saturated rings. The third-order valence-electron chi connectivity index (χ3n) is 10.3. The molecule has 4 atom stereocenters. The highest BCUT2D eigenvalue weighted by atomic mass is 32.2. The molecule has 0 bridgehead atoms. The molecule has 2 aliphatic heterocycles. The van der Waals surface area contributed by atoms with Gasteiger partial charge in [-0.1, -0.05) is 76.3 Å². The summed E-state index contributed by atoms with van der Waals surface area (Å²) in [6.45, 7) is 3.70. The van der Waals surface area contributed by atoms with Crippen molar-refractivity contribution in [3.8, 4) is 0 Å². The van der Waals surface area contributed by atoms with Crippen molar-refractivity contribution in [3.63, 3.8) is 0 Å². The second-order valence-corrected chi connectivity index (χ2v) is 18.4. The van der Waals surface area contributed by atoms with Gasteiger partial charge in [-0.3, -0.25) is 24.0 Å². The van der Waals surface area contributed by atoms with E-state index in [2.05, 4.69) is 21.3 Å². The van der Waals surface area contributed by atoms with Gasteiger partial charge in [-0.25, -0.2) is 9.59 Å².